The van der Waals surface area contributed by atoms with Crippen molar-refractivity contribution in [1.82, 2.24) is 0 Å². The molecule has 0 bridgehead atoms. The summed E-state index contributed by atoms with van der Waals surface area (Å²) in [5.74, 6) is -0.350. The van der Waals surface area contributed by atoms with E-state index >= 15 is 0 Å². The molecule has 2 saturated heterocycles. The van der Waals surface area contributed by atoms with E-state index in [2.05, 4.69) is 0 Å². The van der Waals surface area contributed by atoms with Gasteiger partial charge in [-0.05, 0) is 39.0 Å². The summed E-state index contributed by atoms with van der Waals surface area (Å²) in [6.45, 7) is 4.59. The van der Waals surface area contributed by atoms with E-state index in [-0.39, 0.29) is 0 Å². The molecule has 2 N–H and O–H groups in total. The predicted molar refractivity (Wildman–Crippen MR) is 80.5 cm³/mol. The van der Waals surface area contributed by atoms with Crippen molar-refractivity contribution < 1.29 is 29.2 Å². The van der Waals surface area contributed by atoms with E-state index in [0.717, 1.165) is 32.1 Å². The van der Waals surface area contributed by atoms with Crippen LogP contribution in [0, 0.1) is 11.8 Å². The van der Waals surface area contributed by atoms with E-state index in [1.807, 2.05) is 13.8 Å². The fraction of sp³-hybridized carbons (Fsp3) is 1.00. The van der Waals surface area contributed by atoms with Gasteiger partial charge in [-0.2, -0.15) is 0 Å². The lowest BCUT2D eigenvalue weighted by Crippen LogP contribution is -2.48. The highest BCUT2D eigenvalue weighted by molar-refractivity contribution is 4.97. The molecule has 0 spiro atoms. The van der Waals surface area contributed by atoms with Gasteiger partial charge in [0, 0.05) is 11.8 Å². The minimum Gasteiger partial charge on any atom is -0.387 e. The molecule has 2 saturated carbocycles. The van der Waals surface area contributed by atoms with Gasteiger partial charge in [0.1, 0.15) is 24.4 Å². The molecule has 0 radical (unpaired) electrons. The molecule has 0 aromatic heterocycles. The van der Waals surface area contributed by atoms with Crippen LogP contribution in [0.2, 0.25) is 0 Å². The van der Waals surface area contributed by atoms with Crippen LogP contribution < -0.4 is 0 Å². The Labute approximate surface area is 137 Å². The number of rotatable bonds is 6. The molecule has 0 aromatic carbocycles. The highest BCUT2D eigenvalue weighted by Gasteiger charge is 2.55. The normalized spacial score (nSPS) is 47.0. The van der Waals surface area contributed by atoms with Gasteiger partial charge in [0.25, 0.3) is 0 Å². The molecule has 6 unspecified atom stereocenters. The average Bonchev–Trinajstić information content (AvgIpc) is 3.48. The number of ether oxygens (including phenoxy) is 4. The van der Waals surface area contributed by atoms with Gasteiger partial charge in [-0.25, -0.2) is 0 Å². The van der Waals surface area contributed by atoms with E-state index in [1.165, 1.54) is 0 Å². The van der Waals surface area contributed by atoms with Gasteiger partial charge in [-0.1, -0.05) is 6.92 Å². The smallest absolute Gasteiger partial charge is 0.171 e. The van der Waals surface area contributed by atoms with Crippen LogP contribution in [0.5, 0.6) is 0 Å². The van der Waals surface area contributed by atoms with Crippen molar-refractivity contribution in [2.24, 2.45) is 11.8 Å². The van der Waals surface area contributed by atoms with Crippen molar-refractivity contribution >= 4 is 0 Å². The molecule has 132 valence electrons. The molecular formula is C17H28O6. The summed E-state index contributed by atoms with van der Waals surface area (Å²) in [4.78, 5) is 0. The number of aliphatic hydroxyl groups excluding tert-OH is 2. The summed E-state index contributed by atoms with van der Waals surface area (Å²) in [6.07, 6.45) is 2.09. The zero-order chi connectivity index (χ0) is 16.2. The second kappa shape index (κ2) is 5.64. The number of aliphatic hydroxyl groups is 2. The van der Waals surface area contributed by atoms with Gasteiger partial charge in [0.05, 0.1) is 13.2 Å². The molecule has 0 aromatic rings. The van der Waals surface area contributed by atoms with Gasteiger partial charge in [0.15, 0.2) is 11.6 Å². The van der Waals surface area contributed by atoms with Crippen LogP contribution in [-0.4, -0.2) is 59.4 Å². The zero-order valence-corrected chi connectivity index (χ0v) is 13.9. The van der Waals surface area contributed by atoms with Crippen molar-refractivity contribution in [3.8, 4) is 0 Å². The molecule has 4 aliphatic rings. The molecule has 2 heterocycles. The number of hydrogen-bond donors (Lipinski definition) is 2. The van der Waals surface area contributed by atoms with Crippen LogP contribution in [0.3, 0.4) is 0 Å². The van der Waals surface area contributed by atoms with Gasteiger partial charge >= 0.3 is 0 Å². The molecule has 4 rings (SSSR count). The highest BCUT2D eigenvalue weighted by atomic mass is 16.8. The van der Waals surface area contributed by atoms with E-state index in [1.54, 1.807) is 0 Å². The van der Waals surface area contributed by atoms with Crippen LogP contribution in [-0.2, 0) is 18.9 Å². The Hall–Kier alpha value is -0.240. The Bertz CT molecular complexity index is 450. The lowest BCUT2D eigenvalue weighted by molar-refractivity contribution is -0.211. The summed E-state index contributed by atoms with van der Waals surface area (Å²) in [6, 6.07) is 0. The summed E-state index contributed by atoms with van der Waals surface area (Å²) in [7, 11) is 0. The maximum atomic E-state index is 10.5. The summed E-state index contributed by atoms with van der Waals surface area (Å²) in [5, 5.41) is 21.1. The van der Waals surface area contributed by atoms with Crippen LogP contribution in [0.4, 0.5) is 0 Å². The van der Waals surface area contributed by atoms with E-state index in [0.29, 0.717) is 25.0 Å². The van der Waals surface area contributed by atoms with Crippen LogP contribution in [0.1, 0.15) is 46.0 Å². The highest BCUT2D eigenvalue weighted by Crippen LogP contribution is 2.49. The summed E-state index contributed by atoms with van der Waals surface area (Å²) in [5.41, 5.74) is 0. The van der Waals surface area contributed by atoms with Crippen LogP contribution in [0.25, 0.3) is 0 Å². The maximum Gasteiger partial charge on any atom is 0.171 e. The first-order valence-corrected chi connectivity index (χ1v) is 8.97. The molecule has 6 atom stereocenters. The first-order valence-electron chi connectivity index (χ1n) is 8.97. The first-order chi connectivity index (χ1) is 11.0. The lowest BCUT2D eigenvalue weighted by Gasteiger charge is -2.30. The Morgan fingerprint density at radius 3 is 2.04 bits per heavy atom. The van der Waals surface area contributed by atoms with E-state index in [9.17, 15) is 10.2 Å². The monoisotopic (exact) mass is 328 g/mol. The first kappa shape index (κ1) is 16.2. The van der Waals surface area contributed by atoms with Gasteiger partial charge < -0.3 is 29.2 Å². The fourth-order valence-corrected chi connectivity index (χ4v) is 3.97. The zero-order valence-electron chi connectivity index (χ0n) is 13.9. The second-order valence-electron chi connectivity index (χ2n) is 7.65. The van der Waals surface area contributed by atoms with Gasteiger partial charge in [0.2, 0.25) is 0 Å². The lowest BCUT2D eigenvalue weighted by atomic mass is 10.0. The van der Waals surface area contributed by atoms with Crippen LogP contribution in [0.15, 0.2) is 0 Å². The molecule has 6 nitrogen and oxygen atoms in total. The minimum atomic E-state index is -1.03. The Balaban J connectivity index is 1.36. The average molecular weight is 328 g/mol. The quantitative estimate of drug-likeness (QED) is 0.762. The van der Waals surface area contributed by atoms with Gasteiger partial charge in [-0.15, -0.1) is 0 Å². The summed E-state index contributed by atoms with van der Waals surface area (Å²) >= 11 is 0. The standard InChI is InChI=1S/C17H28O6/c1-3-17(11-6-7-11)21-9-13(23-17)15(19)14(18)12-8-20-16(2,22-12)10-4-5-10/h10-15,18-19H,3-9H2,1-2H3. The van der Waals surface area contributed by atoms with E-state index < -0.39 is 36.0 Å². The van der Waals surface area contributed by atoms with E-state index in [4.69, 9.17) is 18.9 Å². The van der Waals surface area contributed by atoms with Crippen molar-refractivity contribution in [1.29, 1.82) is 0 Å². The van der Waals surface area contributed by atoms with Gasteiger partial charge in [-0.3, -0.25) is 0 Å². The third-order valence-electron chi connectivity index (χ3n) is 5.89. The summed E-state index contributed by atoms with van der Waals surface area (Å²) < 4.78 is 23.6. The molecular weight excluding hydrogens is 300 g/mol. The van der Waals surface area contributed by atoms with Crippen molar-refractivity contribution in [3.05, 3.63) is 0 Å². The fourth-order valence-electron chi connectivity index (χ4n) is 3.97. The Kier molecular flexibility index (Phi) is 3.99. The second-order valence-corrected chi connectivity index (χ2v) is 7.65. The molecule has 6 heteroatoms. The minimum absolute atomic E-state index is 0.306. The predicted octanol–water partition coefficient (Wildman–Crippen LogP) is 1.18. The SMILES string of the molecule is CCC1(C2CC2)OCC(C(O)C(O)C2COC(C)(C3CC3)O2)O1. The van der Waals surface area contributed by atoms with Crippen molar-refractivity contribution in [2.45, 2.75) is 81.9 Å². The molecule has 23 heavy (non-hydrogen) atoms. The third-order valence-corrected chi connectivity index (χ3v) is 5.89. The van der Waals surface area contributed by atoms with Crippen molar-refractivity contribution in [3.63, 3.8) is 0 Å². The largest absolute Gasteiger partial charge is 0.387 e. The third kappa shape index (κ3) is 2.83. The Morgan fingerprint density at radius 2 is 1.48 bits per heavy atom. The maximum absolute atomic E-state index is 10.5. The Morgan fingerprint density at radius 1 is 0.913 bits per heavy atom. The van der Waals surface area contributed by atoms with Crippen molar-refractivity contribution in [2.75, 3.05) is 13.2 Å². The number of hydrogen-bond acceptors (Lipinski definition) is 6. The molecule has 2 aliphatic heterocycles. The molecule has 0 amide bonds. The molecule has 2 aliphatic carbocycles. The van der Waals surface area contributed by atoms with Crippen LogP contribution >= 0.6 is 0 Å². The molecule has 4 fully saturated rings. The topological polar surface area (TPSA) is 77.4 Å².